The van der Waals surface area contributed by atoms with Crippen molar-refractivity contribution in [3.63, 3.8) is 0 Å². The Labute approximate surface area is 140 Å². The number of rotatable bonds is 5. The standard InChI is InChI=1S/C19H30N2O2/c1-18(2,14-20-10-12-23-13-11-20)15-21-9-8-19(22,16-21)17-6-4-3-5-7-17/h3-7,22H,8-16H2,1-2H3/t19-/m0/s1. The third-order valence-electron chi connectivity index (χ3n) is 5.04. The van der Waals surface area contributed by atoms with E-state index in [9.17, 15) is 5.11 Å². The summed E-state index contributed by atoms with van der Waals surface area (Å²) < 4.78 is 5.44. The Hall–Kier alpha value is -0.940. The van der Waals surface area contributed by atoms with Crippen LogP contribution in [0.5, 0.6) is 0 Å². The highest BCUT2D eigenvalue weighted by Gasteiger charge is 2.39. The Bertz CT molecular complexity index is 499. The monoisotopic (exact) mass is 318 g/mol. The van der Waals surface area contributed by atoms with Gasteiger partial charge in [0.25, 0.3) is 0 Å². The van der Waals surface area contributed by atoms with E-state index in [0.717, 1.165) is 64.5 Å². The molecule has 128 valence electrons. The quantitative estimate of drug-likeness (QED) is 0.900. The van der Waals surface area contributed by atoms with E-state index in [4.69, 9.17) is 4.74 Å². The minimum Gasteiger partial charge on any atom is -0.384 e. The van der Waals surface area contributed by atoms with E-state index in [1.807, 2.05) is 30.3 Å². The first-order chi connectivity index (χ1) is 11.0. The molecular weight excluding hydrogens is 288 g/mol. The Balaban J connectivity index is 1.56. The van der Waals surface area contributed by atoms with Crippen molar-refractivity contribution in [2.75, 3.05) is 52.5 Å². The topological polar surface area (TPSA) is 35.9 Å². The molecule has 0 radical (unpaired) electrons. The average Bonchev–Trinajstić information content (AvgIpc) is 2.90. The molecule has 2 aliphatic rings. The van der Waals surface area contributed by atoms with Crippen molar-refractivity contribution in [2.24, 2.45) is 5.41 Å². The van der Waals surface area contributed by atoms with Crippen LogP contribution in [-0.4, -0.2) is 67.4 Å². The van der Waals surface area contributed by atoms with E-state index < -0.39 is 5.60 Å². The molecule has 1 N–H and O–H groups in total. The Morgan fingerprint density at radius 2 is 1.70 bits per heavy atom. The summed E-state index contributed by atoms with van der Waals surface area (Å²) in [4.78, 5) is 4.93. The molecule has 0 spiro atoms. The zero-order chi connectivity index (χ0) is 16.3. The third-order valence-corrected chi connectivity index (χ3v) is 5.04. The number of benzene rings is 1. The van der Waals surface area contributed by atoms with Crippen LogP contribution in [0, 0.1) is 5.41 Å². The predicted octanol–water partition coefficient (Wildman–Crippen LogP) is 1.94. The largest absolute Gasteiger partial charge is 0.384 e. The van der Waals surface area contributed by atoms with Crippen LogP contribution in [0.2, 0.25) is 0 Å². The number of likely N-dealkylation sites (tertiary alicyclic amines) is 1. The van der Waals surface area contributed by atoms with Crippen LogP contribution in [0.25, 0.3) is 0 Å². The number of β-amino-alcohol motifs (C(OH)–C–C–N with tert-alkyl or cyclic N) is 1. The van der Waals surface area contributed by atoms with Crippen molar-refractivity contribution in [1.82, 2.24) is 9.80 Å². The molecule has 3 rings (SSSR count). The number of nitrogens with zero attached hydrogens (tertiary/aromatic N) is 2. The predicted molar refractivity (Wildman–Crippen MR) is 92.4 cm³/mol. The molecule has 23 heavy (non-hydrogen) atoms. The molecule has 2 aliphatic heterocycles. The Morgan fingerprint density at radius 3 is 2.39 bits per heavy atom. The smallest absolute Gasteiger partial charge is 0.103 e. The third kappa shape index (κ3) is 4.32. The van der Waals surface area contributed by atoms with Gasteiger partial charge in [-0.05, 0) is 17.4 Å². The summed E-state index contributed by atoms with van der Waals surface area (Å²) in [6.07, 6.45) is 0.824. The number of ether oxygens (including phenoxy) is 1. The molecule has 0 amide bonds. The minimum atomic E-state index is -0.684. The van der Waals surface area contributed by atoms with E-state index in [-0.39, 0.29) is 5.41 Å². The van der Waals surface area contributed by atoms with Crippen LogP contribution >= 0.6 is 0 Å². The molecule has 4 heteroatoms. The summed E-state index contributed by atoms with van der Waals surface area (Å²) in [6.45, 7) is 12.3. The first kappa shape index (κ1) is 16.9. The Kier molecular flexibility index (Phi) is 5.07. The first-order valence-corrected chi connectivity index (χ1v) is 8.77. The summed E-state index contributed by atoms with van der Waals surface area (Å²) in [5.41, 5.74) is 0.587. The fourth-order valence-electron chi connectivity index (χ4n) is 4.01. The molecule has 0 unspecified atom stereocenters. The van der Waals surface area contributed by atoms with Crippen LogP contribution in [0.4, 0.5) is 0 Å². The lowest BCUT2D eigenvalue weighted by molar-refractivity contribution is 0.0116. The van der Waals surface area contributed by atoms with Crippen LogP contribution < -0.4 is 0 Å². The second-order valence-electron chi connectivity index (χ2n) is 7.91. The number of aliphatic hydroxyl groups is 1. The molecule has 4 nitrogen and oxygen atoms in total. The number of morpholine rings is 1. The minimum absolute atomic E-state index is 0.222. The first-order valence-electron chi connectivity index (χ1n) is 8.77. The van der Waals surface area contributed by atoms with Crippen molar-refractivity contribution in [1.29, 1.82) is 0 Å². The van der Waals surface area contributed by atoms with Crippen LogP contribution in [0.15, 0.2) is 30.3 Å². The van der Waals surface area contributed by atoms with Gasteiger partial charge in [-0.3, -0.25) is 9.80 Å². The van der Waals surface area contributed by atoms with Crippen molar-refractivity contribution in [2.45, 2.75) is 25.9 Å². The van der Waals surface area contributed by atoms with Crippen LogP contribution in [0.1, 0.15) is 25.8 Å². The van der Waals surface area contributed by atoms with Gasteiger partial charge in [-0.2, -0.15) is 0 Å². The van der Waals surface area contributed by atoms with Gasteiger partial charge >= 0.3 is 0 Å². The molecular formula is C19H30N2O2. The molecule has 2 heterocycles. The molecule has 1 aromatic carbocycles. The van der Waals surface area contributed by atoms with E-state index >= 15 is 0 Å². The van der Waals surface area contributed by atoms with E-state index in [0.29, 0.717) is 0 Å². The van der Waals surface area contributed by atoms with Gasteiger partial charge in [-0.25, -0.2) is 0 Å². The SMILES string of the molecule is CC(C)(CN1CCOCC1)CN1CC[C@@](O)(c2ccccc2)C1. The van der Waals surface area contributed by atoms with Crippen molar-refractivity contribution < 1.29 is 9.84 Å². The van der Waals surface area contributed by atoms with Gasteiger partial charge in [0.15, 0.2) is 0 Å². The zero-order valence-corrected chi connectivity index (χ0v) is 14.5. The highest BCUT2D eigenvalue weighted by molar-refractivity contribution is 5.24. The molecule has 0 aliphatic carbocycles. The van der Waals surface area contributed by atoms with E-state index in [2.05, 4.69) is 23.6 Å². The normalized spacial score (nSPS) is 27.4. The molecule has 0 saturated carbocycles. The van der Waals surface area contributed by atoms with Gasteiger partial charge in [0.1, 0.15) is 5.60 Å². The van der Waals surface area contributed by atoms with E-state index in [1.165, 1.54) is 0 Å². The summed E-state index contributed by atoms with van der Waals surface area (Å²) >= 11 is 0. The highest BCUT2D eigenvalue weighted by Crippen LogP contribution is 2.33. The fourth-order valence-corrected chi connectivity index (χ4v) is 4.01. The maximum Gasteiger partial charge on any atom is 0.103 e. The van der Waals surface area contributed by atoms with Gasteiger partial charge < -0.3 is 9.84 Å². The molecule has 1 atom stereocenters. The fraction of sp³-hybridized carbons (Fsp3) is 0.684. The lowest BCUT2D eigenvalue weighted by atomic mass is 9.91. The van der Waals surface area contributed by atoms with Gasteiger partial charge in [0.2, 0.25) is 0 Å². The van der Waals surface area contributed by atoms with Crippen molar-refractivity contribution in [3.8, 4) is 0 Å². The summed E-state index contributed by atoms with van der Waals surface area (Å²) in [7, 11) is 0. The van der Waals surface area contributed by atoms with E-state index in [1.54, 1.807) is 0 Å². The summed E-state index contributed by atoms with van der Waals surface area (Å²) in [6, 6.07) is 10.1. The lowest BCUT2D eigenvalue weighted by Gasteiger charge is -2.37. The molecule has 0 aromatic heterocycles. The number of hydrogen-bond donors (Lipinski definition) is 1. The molecule has 2 fully saturated rings. The van der Waals surface area contributed by atoms with Gasteiger partial charge in [-0.15, -0.1) is 0 Å². The average molecular weight is 318 g/mol. The van der Waals surface area contributed by atoms with Crippen LogP contribution in [0.3, 0.4) is 0 Å². The maximum absolute atomic E-state index is 11.0. The zero-order valence-electron chi connectivity index (χ0n) is 14.5. The summed E-state index contributed by atoms with van der Waals surface area (Å²) in [5.74, 6) is 0. The van der Waals surface area contributed by atoms with Crippen LogP contribution in [-0.2, 0) is 10.3 Å². The van der Waals surface area contributed by atoms with Crippen molar-refractivity contribution in [3.05, 3.63) is 35.9 Å². The lowest BCUT2D eigenvalue weighted by Crippen LogP contribution is -2.46. The van der Waals surface area contributed by atoms with Crippen molar-refractivity contribution >= 4 is 0 Å². The molecule has 0 bridgehead atoms. The second-order valence-corrected chi connectivity index (χ2v) is 7.91. The number of hydrogen-bond acceptors (Lipinski definition) is 4. The Morgan fingerprint density at radius 1 is 1.04 bits per heavy atom. The highest BCUT2D eigenvalue weighted by atomic mass is 16.5. The summed E-state index contributed by atoms with van der Waals surface area (Å²) in [5, 5.41) is 11.0. The van der Waals surface area contributed by atoms with Gasteiger partial charge in [0.05, 0.1) is 13.2 Å². The van der Waals surface area contributed by atoms with Gasteiger partial charge in [-0.1, -0.05) is 44.2 Å². The molecule has 2 saturated heterocycles. The van der Waals surface area contributed by atoms with Gasteiger partial charge in [0, 0.05) is 39.3 Å². The maximum atomic E-state index is 11.0. The second kappa shape index (κ2) is 6.89. The molecule has 1 aromatic rings.